The average molecular weight is 479 g/mol. The summed E-state index contributed by atoms with van der Waals surface area (Å²) in [6.45, 7) is 1.77. The zero-order valence-corrected chi connectivity index (χ0v) is 17.9. The highest BCUT2D eigenvalue weighted by Gasteiger charge is 2.48. The van der Waals surface area contributed by atoms with Crippen LogP contribution in [-0.4, -0.2) is 58.1 Å². The van der Waals surface area contributed by atoms with E-state index in [1.807, 2.05) is 0 Å². The number of rotatable bonds is 5. The number of carbonyl (C=O) groups excluding carboxylic acids is 4. The summed E-state index contributed by atoms with van der Waals surface area (Å²) in [5.74, 6) is -6.68. The van der Waals surface area contributed by atoms with Gasteiger partial charge in [0.2, 0.25) is 11.7 Å². The van der Waals surface area contributed by atoms with Crippen molar-refractivity contribution in [3.63, 3.8) is 0 Å². The fourth-order valence-electron chi connectivity index (χ4n) is 4.14. The van der Waals surface area contributed by atoms with Crippen LogP contribution in [0.2, 0.25) is 0 Å². The summed E-state index contributed by atoms with van der Waals surface area (Å²) >= 11 is 0. The quantitative estimate of drug-likeness (QED) is 0.662. The van der Waals surface area contributed by atoms with Gasteiger partial charge in [-0.3, -0.25) is 19.2 Å². The highest BCUT2D eigenvalue weighted by Crippen LogP contribution is 2.33. The molecule has 0 aliphatic carbocycles. The molecular weight excluding hydrogens is 459 g/mol. The minimum absolute atomic E-state index is 0.0104. The van der Waals surface area contributed by atoms with Crippen LogP contribution in [0.25, 0.3) is 0 Å². The SMILES string of the molecule is Cc1c(C[C@H](C(=O)N[C@@H]2C(=O)N3CCCN3C(=O)c3ccccc32)C(F)(F)F)noc1C(N)=O. The fourth-order valence-corrected chi connectivity index (χ4v) is 4.14. The molecule has 13 heteroatoms. The number of amides is 4. The third-order valence-corrected chi connectivity index (χ3v) is 5.91. The van der Waals surface area contributed by atoms with Gasteiger partial charge >= 0.3 is 6.18 Å². The lowest BCUT2D eigenvalue weighted by molar-refractivity contribution is -0.183. The number of alkyl halides is 3. The second-order valence-electron chi connectivity index (χ2n) is 8.02. The lowest BCUT2D eigenvalue weighted by atomic mass is 9.96. The number of hydrazine groups is 1. The molecule has 2 atom stereocenters. The van der Waals surface area contributed by atoms with Crippen molar-refractivity contribution in [3.8, 4) is 0 Å². The Balaban J connectivity index is 1.67. The summed E-state index contributed by atoms with van der Waals surface area (Å²) in [5.41, 5.74) is 5.06. The molecule has 2 aliphatic heterocycles. The first kappa shape index (κ1) is 23.3. The van der Waals surface area contributed by atoms with E-state index in [-0.39, 0.29) is 35.5 Å². The number of primary amides is 1. The number of carbonyl (C=O) groups is 4. The van der Waals surface area contributed by atoms with E-state index in [2.05, 4.69) is 10.5 Å². The van der Waals surface area contributed by atoms with Gasteiger partial charge in [-0.25, -0.2) is 10.0 Å². The van der Waals surface area contributed by atoms with E-state index in [1.165, 1.54) is 30.1 Å². The van der Waals surface area contributed by atoms with Crippen molar-refractivity contribution in [2.24, 2.45) is 11.7 Å². The largest absolute Gasteiger partial charge is 0.400 e. The Kier molecular flexibility index (Phi) is 5.79. The number of aromatic nitrogens is 1. The molecular formula is C21H20F3N5O5. The van der Waals surface area contributed by atoms with Crippen LogP contribution in [-0.2, 0) is 16.0 Å². The van der Waals surface area contributed by atoms with Crippen LogP contribution in [0.3, 0.4) is 0 Å². The number of halogens is 3. The molecule has 1 aromatic heterocycles. The van der Waals surface area contributed by atoms with Gasteiger partial charge in [0.15, 0.2) is 0 Å². The van der Waals surface area contributed by atoms with Crippen LogP contribution in [0.5, 0.6) is 0 Å². The molecule has 3 heterocycles. The van der Waals surface area contributed by atoms with Crippen LogP contribution in [0.4, 0.5) is 13.2 Å². The lowest BCUT2D eigenvalue weighted by Crippen LogP contribution is -2.49. The van der Waals surface area contributed by atoms with Crippen molar-refractivity contribution in [3.05, 3.63) is 52.4 Å². The summed E-state index contributed by atoms with van der Waals surface area (Å²) in [5, 5.41) is 8.04. The molecule has 1 aromatic carbocycles. The Labute approximate surface area is 190 Å². The zero-order chi connectivity index (χ0) is 24.8. The molecule has 0 radical (unpaired) electrons. The monoisotopic (exact) mass is 479 g/mol. The van der Waals surface area contributed by atoms with Crippen molar-refractivity contribution in [2.45, 2.75) is 32.0 Å². The van der Waals surface area contributed by atoms with Gasteiger partial charge in [-0.2, -0.15) is 13.2 Å². The predicted molar refractivity (Wildman–Crippen MR) is 108 cm³/mol. The van der Waals surface area contributed by atoms with Crippen molar-refractivity contribution in [1.29, 1.82) is 0 Å². The number of nitrogens with zero attached hydrogens (tertiary/aromatic N) is 3. The van der Waals surface area contributed by atoms with E-state index in [9.17, 15) is 32.3 Å². The van der Waals surface area contributed by atoms with Crippen LogP contribution in [0, 0.1) is 12.8 Å². The minimum atomic E-state index is -5.01. The number of nitrogens with two attached hydrogens (primary N) is 1. The maximum absolute atomic E-state index is 13.9. The van der Waals surface area contributed by atoms with Gasteiger partial charge in [-0.15, -0.1) is 0 Å². The highest BCUT2D eigenvalue weighted by molar-refractivity contribution is 6.02. The Morgan fingerprint density at radius 2 is 1.91 bits per heavy atom. The molecule has 34 heavy (non-hydrogen) atoms. The Morgan fingerprint density at radius 3 is 2.56 bits per heavy atom. The molecule has 1 fully saturated rings. The molecule has 1 saturated heterocycles. The van der Waals surface area contributed by atoms with E-state index >= 15 is 0 Å². The molecule has 4 rings (SSSR count). The van der Waals surface area contributed by atoms with Crippen molar-refractivity contribution in [2.75, 3.05) is 13.1 Å². The molecule has 3 N–H and O–H groups in total. The van der Waals surface area contributed by atoms with Gasteiger partial charge in [0, 0.05) is 30.6 Å². The van der Waals surface area contributed by atoms with Crippen molar-refractivity contribution in [1.82, 2.24) is 20.5 Å². The fraction of sp³-hybridized carbons (Fsp3) is 0.381. The maximum atomic E-state index is 13.9. The lowest BCUT2D eigenvalue weighted by Gasteiger charge is -2.28. The number of benzene rings is 1. The third-order valence-electron chi connectivity index (χ3n) is 5.91. The summed E-state index contributed by atoms with van der Waals surface area (Å²) in [7, 11) is 0. The van der Waals surface area contributed by atoms with E-state index in [1.54, 1.807) is 6.07 Å². The summed E-state index contributed by atoms with van der Waals surface area (Å²) in [6.07, 6.45) is -5.44. The normalized spacial score (nSPS) is 18.9. The number of hydrogen-bond acceptors (Lipinski definition) is 6. The van der Waals surface area contributed by atoms with Crippen molar-refractivity contribution >= 4 is 23.6 Å². The van der Waals surface area contributed by atoms with Crippen LogP contribution < -0.4 is 11.1 Å². The predicted octanol–water partition coefficient (Wildman–Crippen LogP) is 1.26. The molecule has 0 unspecified atom stereocenters. The van der Waals surface area contributed by atoms with E-state index in [4.69, 9.17) is 10.3 Å². The summed E-state index contributed by atoms with van der Waals surface area (Å²) < 4.78 is 46.4. The first-order valence-electron chi connectivity index (χ1n) is 10.3. The number of hydrogen-bond donors (Lipinski definition) is 2. The summed E-state index contributed by atoms with van der Waals surface area (Å²) in [4.78, 5) is 50.3. The smallest absolute Gasteiger partial charge is 0.363 e. The molecule has 4 amide bonds. The maximum Gasteiger partial charge on any atom is 0.400 e. The topological polar surface area (TPSA) is 139 Å². The van der Waals surface area contributed by atoms with E-state index < -0.39 is 53.9 Å². The molecule has 0 bridgehead atoms. The molecule has 180 valence electrons. The first-order valence-corrected chi connectivity index (χ1v) is 10.3. The molecule has 0 saturated carbocycles. The Bertz CT molecular complexity index is 1180. The Hall–Kier alpha value is -3.90. The van der Waals surface area contributed by atoms with Gasteiger partial charge < -0.3 is 15.6 Å². The van der Waals surface area contributed by atoms with Crippen LogP contribution >= 0.6 is 0 Å². The van der Waals surface area contributed by atoms with Gasteiger partial charge in [0.25, 0.3) is 17.7 Å². The standard InChI is InChI=1S/C21H20F3N5O5/c1-10-14(27-34-16(10)17(25)30)9-13(21(22,23)24)18(31)26-15-11-5-2-3-6-12(11)19(32)28-7-4-8-29(28)20(15)33/h2-3,5-6,13,15H,4,7-9H2,1H3,(H2,25,30)(H,26,31)/t13-,15+/m1/s1. The highest BCUT2D eigenvalue weighted by atomic mass is 19.4. The number of fused-ring (bicyclic) bond motifs is 2. The van der Waals surface area contributed by atoms with E-state index in [0.717, 1.165) is 5.01 Å². The third kappa shape index (κ3) is 3.97. The minimum Gasteiger partial charge on any atom is -0.363 e. The van der Waals surface area contributed by atoms with Gasteiger partial charge in [0.05, 0.1) is 5.69 Å². The average Bonchev–Trinajstić information content (AvgIpc) is 3.39. The second-order valence-corrected chi connectivity index (χ2v) is 8.02. The Morgan fingerprint density at radius 1 is 1.24 bits per heavy atom. The van der Waals surface area contributed by atoms with Crippen molar-refractivity contribution < 1.29 is 36.9 Å². The van der Waals surface area contributed by atoms with Crippen LogP contribution in [0.15, 0.2) is 28.8 Å². The zero-order valence-electron chi connectivity index (χ0n) is 17.9. The van der Waals surface area contributed by atoms with Crippen LogP contribution in [0.1, 0.15) is 50.2 Å². The van der Waals surface area contributed by atoms with Gasteiger partial charge in [-0.1, -0.05) is 23.4 Å². The molecule has 2 aromatic rings. The van der Waals surface area contributed by atoms with E-state index in [0.29, 0.717) is 6.42 Å². The molecule has 10 nitrogen and oxygen atoms in total. The number of nitrogens with one attached hydrogen (secondary N) is 1. The van der Waals surface area contributed by atoms with Gasteiger partial charge in [-0.05, 0) is 25.0 Å². The van der Waals surface area contributed by atoms with Gasteiger partial charge in [0.1, 0.15) is 12.0 Å². The first-order chi connectivity index (χ1) is 16.0. The second kappa shape index (κ2) is 8.47. The molecule has 0 spiro atoms. The summed E-state index contributed by atoms with van der Waals surface area (Å²) in [6, 6.07) is 4.46. The molecule has 2 aliphatic rings.